The maximum absolute atomic E-state index is 13.4. The molecule has 0 fully saturated rings. The molecule has 0 bridgehead atoms. The Morgan fingerprint density at radius 3 is 2.18 bits per heavy atom. The molecule has 0 aliphatic rings. The van der Waals surface area contributed by atoms with Crippen LogP contribution in [0.1, 0.15) is 67.2 Å². The third kappa shape index (κ3) is 8.87. The number of anilines is 1. The molecule has 11 heteroatoms. The number of carbonyl (C=O) groups excluding carboxylic acids is 3. The number of thiophene rings is 1. The first kappa shape index (κ1) is 32.6. The monoisotopic (exact) mass is 626 g/mol. The first-order valence-corrected chi connectivity index (χ1v) is 14.9. The Morgan fingerprint density at radius 1 is 0.867 bits per heavy atom. The highest BCUT2D eigenvalue weighted by Gasteiger charge is 2.23. The van der Waals surface area contributed by atoms with E-state index in [1.165, 1.54) is 17.4 Å². The number of ether oxygens (including phenoxy) is 1. The highest BCUT2D eigenvalue weighted by Crippen LogP contribution is 2.35. The number of alkyl carbamates (subject to hydrolysis) is 1. The van der Waals surface area contributed by atoms with Gasteiger partial charge >= 0.3 is 12.1 Å². The molecule has 1 aromatic heterocycles. The average Bonchev–Trinajstić information content (AvgIpc) is 3.40. The van der Waals surface area contributed by atoms with Gasteiger partial charge in [0.2, 0.25) is 0 Å². The fraction of sp³-hybridized carbons (Fsp3) is 0.206. The lowest BCUT2D eigenvalue weighted by atomic mass is 9.95. The molecule has 45 heavy (non-hydrogen) atoms. The van der Waals surface area contributed by atoms with Gasteiger partial charge in [-0.15, -0.1) is 11.3 Å². The number of benzene rings is 3. The van der Waals surface area contributed by atoms with Crippen molar-refractivity contribution in [3.8, 4) is 11.1 Å². The van der Waals surface area contributed by atoms with Crippen LogP contribution in [0.3, 0.4) is 0 Å². The summed E-state index contributed by atoms with van der Waals surface area (Å²) in [5, 5.41) is 26.2. The van der Waals surface area contributed by atoms with Gasteiger partial charge in [-0.3, -0.25) is 20.3 Å². The van der Waals surface area contributed by atoms with Gasteiger partial charge in [-0.1, -0.05) is 57.2 Å². The summed E-state index contributed by atoms with van der Waals surface area (Å²) in [5.41, 5.74) is 2.38. The number of nitrogens with one attached hydrogen (secondary N) is 4. The summed E-state index contributed by atoms with van der Waals surface area (Å²) in [6, 6.07) is 21.7. The van der Waals surface area contributed by atoms with E-state index in [4.69, 9.17) is 10.1 Å². The predicted octanol–water partition coefficient (Wildman–Crippen LogP) is 6.70. The van der Waals surface area contributed by atoms with Crippen LogP contribution in [0.25, 0.3) is 11.1 Å². The predicted molar refractivity (Wildman–Crippen MR) is 174 cm³/mol. The number of rotatable bonds is 9. The van der Waals surface area contributed by atoms with Gasteiger partial charge in [0.1, 0.15) is 17.3 Å². The van der Waals surface area contributed by atoms with Crippen LogP contribution in [0.15, 0.2) is 78.9 Å². The van der Waals surface area contributed by atoms with Crippen molar-refractivity contribution in [1.29, 1.82) is 5.41 Å². The zero-order chi connectivity index (χ0) is 32.7. The van der Waals surface area contributed by atoms with Crippen molar-refractivity contribution in [2.45, 2.75) is 34.3 Å². The molecular formula is C34H34N4O6S. The minimum atomic E-state index is -1.22. The topological polar surface area (TPSA) is 158 Å². The first-order valence-electron chi connectivity index (χ1n) is 14.0. The Labute approximate surface area is 265 Å². The smallest absolute Gasteiger partial charge is 0.413 e. The fourth-order valence-electron chi connectivity index (χ4n) is 4.27. The summed E-state index contributed by atoms with van der Waals surface area (Å²) in [6.07, 6.45) is -0.763. The zero-order valence-electron chi connectivity index (χ0n) is 25.3. The van der Waals surface area contributed by atoms with E-state index in [9.17, 15) is 24.3 Å². The van der Waals surface area contributed by atoms with Crippen molar-refractivity contribution in [3.63, 3.8) is 0 Å². The molecule has 0 aliphatic heterocycles. The maximum atomic E-state index is 13.4. The van der Waals surface area contributed by atoms with Gasteiger partial charge in [0.15, 0.2) is 0 Å². The van der Waals surface area contributed by atoms with E-state index in [1.54, 1.807) is 42.5 Å². The molecular weight excluding hydrogens is 592 g/mol. The molecule has 5 N–H and O–H groups in total. The molecule has 0 radical (unpaired) electrons. The largest absolute Gasteiger partial charge is 0.478 e. The summed E-state index contributed by atoms with van der Waals surface area (Å²) in [5.74, 6) is -2.22. The molecule has 10 nitrogen and oxygen atoms in total. The first-order chi connectivity index (χ1) is 21.3. The molecule has 0 saturated heterocycles. The molecule has 232 valence electrons. The number of amidine groups is 1. The second kappa shape index (κ2) is 14.0. The van der Waals surface area contributed by atoms with E-state index in [0.29, 0.717) is 33.8 Å². The van der Waals surface area contributed by atoms with Crippen LogP contribution in [0.4, 0.5) is 10.5 Å². The van der Waals surface area contributed by atoms with Gasteiger partial charge in [0, 0.05) is 33.8 Å². The van der Waals surface area contributed by atoms with Crippen molar-refractivity contribution >= 4 is 46.7 Å². The quantitative estimate of drug-likeness (QED) is 0.103. The van der Waals surface area contributed by atoms with Gasteiger partial charge < -0.3 is 20.5 Å². The molecule has 4 aromatic rings. The van der Waals surface area contributed by atoms with Crippen LogP contribution in [0.2, 0.25) is 0 Å². The maximum Gasteiger partial charge on any atom is 0.413 e. The molecule has 0 saturated carbocycles. The molecule has 1 heterocycles. The summed E-state index contributed by atoms with van der Waals surface area (Å²) < 4.78 is 5.16. The second-order valence-electron chi connectivity index (χ2n) is 11.5. The highest BCUT2D eigenvalue weighted by atomic mass is 32.1. The minimum Gasteiger partial charge on any atom is -0.478 e. The SMILES string of the molecule is Cc1cc(-c2ccc(C(=O)NCC(C)(C)C)cc2C(=O)O)c(C(=O)Nc2ccc(C(=N)NC(=O)OCc3ccccc3)cc2)s1. The summed E-state index contributed by atoms with van der Waals surface area (Å²) in [4.78, 5) is 51.5. The molecule has 3 aromatic carbocycles. The van der Waals surface area contributed by atoms with Gasteiger partial charge in [-0.05, 0) is 65.9 Å². The van der Waals surface area contributed by atoms with E-state index in [-0.39, 0.29) is 34.9 Å². The van der Waals surface area contributed by atoms with Crippen LogP contribution < -0.4 is 16.0 Å². The van der Waals surface area contributed by atoms with E-state index in [1.807, 2.05) is 58.0 Å². The minimum absolute atomic E-state index is 0.0694. The Morgan fingerprint density at radius 2 is 1.53 bits per heavy atom. The molecule has 4 rings (SSSR count). The van der Waals surface area contributed by atoms with Crippen LogP contribution in [-0.4, -0.2) is 41.4 Å². The number of carboxylic acid groups (broad SMARTS) is 1. The van der Waals surface area contributed by atoms with Crippen molar-refractivity contribution in [3.05, 3.63) is 111 Å². The fourth-order valence-corrected chi connectivity index (χ4v) is 5.19. The van der Waals surface area contributed by atoms with E-state index < -0.39 is 18.0 Å². The average molecular weight is 627 g/mol. The standard InChI is InChI=1S/C34H34N4O6S/c1-20-16-26(25-15-12-23(17-27(25)32(41)42)30(39)36-19-34(2,3)4)28(45-20)31(40)37-24-13-10-22(11-14-24)29(35)38-33(43)44-18-21-8-6-5-7-9-21/h5-17H,18-19H2,1-4H3,(H,36,39)(H,37,40)(H,41,42)(H2,35,38,43). The highest BCUT2D eigenvalue weighted by molar-refractivity contribution is 7.14. The van der Waals surface area contributed by atoms with Crippen molar-refractivity contribution in [2.24, 2.45) is 5.41 Å². The van der Waals surface area contributed by atoms with Gasteiger partial charge in [0.05, 0.1) is 5.56 Å². The van der Waals surface area contributed by atoms with Gasteiger partial charge in [-0.2, -0.15) is 0 Å². The van der Waals surface area contributed by atoms with Crippen molar-refractivity contribution in [1.82, 2.24) is 10.6 Å². The van der Waals surface area contributed by atoms with E-state index in [0.717, 1.165) is 10.4 Å². The zero-order valence-corrected chi connectivity index (χ0v) is 26.1. The molecule has 0 spiro atoms. The second-order valence-corrected chi connectivity index (χ2v) is 12.8. The van der Waals surface area contributed by atoms with Crippen LogP contribution in [0, 0.1) is 17.7 Å². The van der Waals surface area contributed by atoms with Crippen molar-refractivity contribution in [2.75, 3.05) is 11.9 Å². The molecule has 0 aliphatic carbocycles. The number of carbonyl (C=O) groups is 4. The van der Waals surface area contributed by atoms with Crippen LogP contribution in [0.5, 0.6) is 0 Å². The number of carboxylic acids is 1. The summed E-state index contributed by atoms with van der Waals surface area (Å²) in [6.45, 7) is 8.25. The Balaban J connectivity index is 1.45. The third-order valence-electron chi connectivity index (χ3n) is 6.51. The summed E-state index contributed by atoms with van der Waals surface area (Å²) >= 11 is 1.22. The summed E-state index contributed by atoms with van der Waals surface area (Å²) in [7, 11) is 0. The lowest BCUT2D eigenvalue weighted by molar-refractivity contribution is 0.0697. The van der Waals surface area contributed by atoms with Crippen LogP contribution >= 0.6 is 11.3 Å². The lowest BCUT2D eigenvalue weighted by Gasteiger charge is -2.19. The van der Waals surface area contributed by atoms with Crippen LogP contribution in [-0.2, 0) is 11.3 Å². The molecule has 3 amide bonds. The number of hydrogen-bond acceptors (Lipinski definition) is 7. The van der Waals surface area contributed by atoms with Gasteiger partial charge in [-0.25, -0.2) is 9.59 Å². The van der Waals surface area contributed by atoms with Gasteiger partial charge in [0.25, 0.3) is 11.8 Å². The Bertz CT molecular complexity index is 1740. The number of aromatic carboxylic acids is 1. The Kier molecular flexibility index (Phi) is 10.1. The third-order valence-corrected chi connectivity index (χ3v) is 7.56. The number of amides is 3. The Hall–Kier alpha value is -5.29. The van der Waals surface area contributed by atoms with E-state index in [2.05, 4.69) is 16.0 Å². The van der Waals surface area contributed by atoms with E-state index >= 15 is 0 Å². The molecule has 0 atom stereocenters. The van der Waals surface area contributed by atoms with Crippen molar-refractivity contribution < 1.29 is 29.0 Å². The number of aryl methyl sites for hydroxylation is 1. The lowest BCUT2D eigenvalue weighted by Crippen LogP contribution is -2.32. The number of hydrogen-bond donors (Lipinski definition) is 5. The normalized spacial score (nSPS) is 10.9. The molecule has 0 unspecified atom stereocenters.